The van der Waals surface area contributed by atoms with Crippen molar-refractivity contribution in [1.29, 1.82) is 0 Å². The Morgan fingerprint density at radius 1 is 1.10 bits per heavy atom. The molecule has 2 heterocycles. The minimum absolute atomic E-state index is 0.0713. The lowest BCUT2D eigenvalue weighted by atomic mass is 10.1. The summed E-state index contributed by atoms with van der Waals surface area (Å²) in [6.45, 7) is 4.23. The van der Waals surface area contributed by atoms with Crippen molar-refractivity contribution in [3.05, 3.63) is 71.7 Å². The Kier molecular flexibility index (Phi) is 6.09. The average Bonchev–Trinajstić information content (AvgIpc) is 3.10. The first-order valence-electron chi connectivity index (χ1n) is 10.1. The quantitative estimate of drug-likeness (QED) is 0.620. The van der Waals surface area contributed by atoms with Crippen LogP contribution in [0.2, 0.25) is 0 Å². The lowest BCUT2D eigenvalue weighted by Crippen LogP contribution is -2.40. The summed E-state index contributed by atoms with van der Waals surface area (Å²) in [6.07, 6.45) is 0.785. The molecule has 0 spiro atoms. The Hall–Kier alpha value is -3.19. The summed E-state index contributed by atoms with van der Waals surface area (Å²) >= 11 is 0. The summed E-state index contributed by atoms with van der Waals surface area (Å²) in [7, 11) is 0. The molecule has 30 heavy (non-hydrogen) atoms. The minimum atomic E-state index is -0.452. The Morgan fingerprint density at radius 2 is 1.80 bits per heavy atom. The van der Waals surface area contributed by atoms with E-state index in [0.29, 0.717) is 45.0 Å². The van der Waals surface area contributed by atoms with Crippen molar-refractivity contribution < 1.29 is 18.7 Å². The third-order valence-electron chi connectivity index (χ3n) is 5.13. The molecule has 1 aliphatic heterocycles. The molecule has 4 rings (SSSR count). The van der Waals surface area contributed by atoms with E-state index in [-0.39, 0.29) is 11.7 Å². The summed E-state index contributed by atoms with van der Waals surface area (Å²) in [5, 5.41) is 4.62. The number of ether oxygens (including phenoxy) is 2. The van der Waals surface area contributed by atoms with Gasteiger partial charge in [0, 0.05) is 25.1 Å². The van der Waals surface area contributed by atoms with Crippen molar-refractivity contribution in [2.24, 2.45) is 0 Å². The summed E-state index contributed by atoms with van der Waals surface area (Å²) in [4.78, 5) is 14.4. The van der Waals surface area contributed by atoms with E-state index in [1.165, 1.54) is 6.07 Å². The molecular formula is C23H24FN3O3. The zero-order chi connectivity index (χ0) is 20.9. The van der Waals surface area contributed by atoms with Crippen molar-refractivity contribution in [3.63, 3.8) is 0 Å². The van der Waals surface area contributed by atoms with Crippen LogP contribution < -0.4 is 4.74 Å². The highest BCUT2D eigenvalue weighted by Gasteiger charge is 2.23. The summed E-state index contributed by atoms with van der Waals surface area (Å²) < 4.78 is 27.3. The molecule has 156 valence electrons. The molecule has 3 aromatic rings. The number of para-hydroxylation sites is 2. The second kappa shape index (κ2) is 9.09. The number of aryl methyl sites for hydroxylation is 1. The summed E-state index contributed by atoms with van der Waals surface area (Å²) in [6, 6.07) is 15.8. The van der Waals surface area contributed by atoms with Crippen molar-refractivity contribution in [2.45, 2.75) is 19.8 Å². The van der Waals surface area contributed by atoms with Crippen molar-refractivity contribution >= 4 is 5.91 Å². The first-order valence-corrected chi connectivity index (χ1v) is 10.1. The summed E-state index contributed by atoms with van der Waals surface area (Å²) in [5.74, 6) is 0.169. The third-order valence-corrected chi connectivity index (χ3v) is 5.13. The Morgan fingerprint density at radius 3 is 2.53 bits per heavy atom. The molecule has 0 atom stereocenters. The van der Waals surface area contributed by atoms with E-state index in [1.54, 1.807) is 22.9 Å². The van der Waals surface area contributed by atoms with Crippen molar-refractivity contribution in [1.82, 2.24) is 14.7 Å². The van der Waals surface area contributed by atoms with Gasteiger partial charge in [-0.25, -0.2) is 9.07 Å². The number of amides is 1. The zero-order valence-corrected chi connectivity index (χ0v) is 16.9. The Labute approximate surface area is 174 Å². The fourth-order valence-electron chi connectivity index (χ4n) is 3.51. The maximum Gasteiger partial charge on any atom is 0.226 e. The second-order valence-corrected chi connectivity index (χ2v) is 7.14. The molecule has 0 radical (unpaired) electrons. The molecule has 0 saturated carbocycles. The van der Waals surface area contributed by atoms with Crippen LogP contribution in [0.25, 0.3) is 5.69 Å². The number of nitrogens with zero attached hydrogens (tertiary/aromatic N) is 3. The van der Waals surface area contributed by atoms with Gasteiger partial charge in [-0.1, -0.05) is 30.3 Å². The number of aromatic nitrogens is 2. The number of carbonyl (C=O) groups excluding carboxylic acids is 1. The van der Waals surface area contributed by atoms with E-state index in [1.807, 2.05) is 42.2 Å². The van der Waals surface area contributed by atoms with Gasteiger partial charge in [0.2, 0.25) is 11.8 Å². The van der Waals surface area contributed by atoms with Gasteiger partial charge in [0.15, 0.2) is 11.6 Å². The second-order valence-electron chi connectivity index (χ2n) is 7.14. The highest BCUT2D eigenvalue weighted by Crippen LogP contribution is 2.32. The first kappa shape index (κ1) is 20.1. The number of rotatable bonds is 6. The van der Waals surface area contributed by atoms with Crippen LogP contribution in [0.15, 0.2) is 54.6 Å². The predicted molar refractivity (Wildman–Crippen MR) is 110 cm³/mol. The van der Waals surface area contributed by atoms with E-state index >= 15 is 0 Å². The van der Waals surface area contributed by atoms with E-state index in [4.69, 9.17) is 9.47 Å². The predicted octanol–water partition coefficient (Wildman–Crippen LogP) is 3.90. The molecule has 1 amide bonds. The van der Waals surface area contributed by atoms with Gasteiger partial charge in [0.1, 0.15) is 0 Å². The molecule has 0 unspecified atom stereocenters. The number of halogens is 1. The van der Waals surface area contributed by atoms with Gasteiger partial charge < -0.3 is 14.4 Å². The molecule has 0 bridgehead atoms. The van der Waals surface area contributed by atoms with E-state index < -0.39 is 5.82 Å². The van der Waals surface area contributed by atoms with Crippen molar-refractivity contribution in [3.8, 4) is 17.3 Å². The van der Waals surface area contributed by atoms with E-state index in [2.05, 4.69) is 5.10 Å². The molecule has 7 heteroatoms. The standard InChI is InChI=1S/C23H24FN3O3/c1-17-19(11-12-22(28)26-13-15-29-16-14-26)23(30-21-10-6-5-9-20(21)24)27(25-17)18-7-3-2-4-8-18/h2-10H,11-16H2,1H3. The van der Waals surface area contributed by atoms with Gasteiger partial charge in [-0.3, -0.25) is 4.79 Å². The highest BCUT2D eigenvalue weighted by molar-refractivity contribution is 5.76. The van der Waals surface area contributed by atoms with Gasteiger partial charge in [-0.05, 0) is 37.6 Å². The molecule has 6 nitrogen and oxygen atoms in total. The molecule has 0 aliphatic carbocycles. The smallest absolute Gasteiger partial charge is 0.226 e. The monoisotopic (exact) mass is 409 g/mol. The van der Waals surface area contributed by atoms with Crippen molar-refractivity contribution in [2.75, 3.05) is 26.3 Å². The lowest BCUT2D eigenvalue weighted by molar-refractivity contribution is -0.135. The molecule has 2 aromatic carbocycles. The molecule has 0 N–H and O–H groups in total. The first-order chi connectivity index (χ1) is 14.6. The van der Waals surface area contributed by atoms with Gasteiger partial charge in [-0.2, -0.15) is 5.10 Å². The number of morpholine rings is 1. The molecule has 1 aliphatic rings. The van der Waals surface area contributed by atoms with Gasteiger partial charge >= 0.3 is 0 Å². The Balaban J connectivity index is 1.64. The SMILES string of the molecule is Cc1nn(-c2ccccc2)c(Oc2ccccc2F)c1CCC(=O)N1CCOCC1. The minimum Gasteiger partial charge on any atom is -0.436 e. The molecule has 1 fully saturated rings. The fraction of sp³-hybridized carbons (Fsp3) is 0.304. The summed E-state index contributed by atoms with van der Waals surface area (Å²) in [5.41, 5.74) is 2.35. The van der Waals surface area contributed by atoms with E-state index in [0.717, 1.165) is 16.9 Å². The van der Waals surface area contributed by atoms with Crippen LogP contribution >= 0.6 is 0 Å². The zero-order valence-electron chi connectivity index (χ0n) is 16.9. The van der Waals surface area contributed by atoms with Crippen LogP contribution in [0.4, 0.5) is 4.39 Å². The normalized spacial score (nSPS) is 14.0. The van der Waals surface area contributed by atoms with Crippen LogP contribution in [0.1, 0.15) is 17.7 Å². The van der Waals surface area contributed by atoms with E-state index in [9.17, 15) is 9.18 Å². The molecule has 1 aromatic heterocycles. The van der Waals surface area contributed by atoms with Crippen LogP contribution in [-0.2, 0) is 16.0 Å². The van der Waals surface area contributed by atoms with Gasteiger partial charge in [0.05, 0.1) is 24.6 Å². The molecule has 1 saturated heterocycles. The Bertz CT molecular complexity index is 1010. The van der Waals surface area contributed by atoms with Crippen LogP contribution in [-0.4, -0.2) is 46.9 Å². The maximum atomic E-state index is 14.3. The molecular weight excluding hydrogens is 385 g/mol. The number of hydrogen-bond donors (Lipinski definition) is 0. The maximum absolute atomic E-state index is 14.3. The lowest BCUT2D eigenvalue weighted by Gasteiger charge is -2.26. The number of benzene rings is 2. The topological polar surface area (TPSA) is 56.6 Å². The average molecular weight is 409 g/mol. The van der Waals surface area contributed by atoms with Gasteiger partial charge in [-0.15, -0.1) is 0 Å². The van der Waals surface area contributed by atoms with Crippen LogP contribution in [0.3, 0.4) is 0 Å². The number of carbonyl (C=O) groups is 1. The largest absolute Gasteiger partial charge is 0.436 e. The van der Waals surface area contributed by atoms with Crippen LogP contribution in [0.5, 0.6) is 11.6 Å². The number of hydrogen-bond acceptors (Lipinski definition) is 4. The highest BCUT2D eigenvalue weighted by atomic mass is 19.1. The third kappa shape index (κ3) is 4.36. The fourth-order valence-corrected chi connectivity index (χ4v) is 3.51. The van der Waals surface area contributed by atoms with Gasteiger partial charge in [0.25, 0.3) is 0 Å². The van der Waals surface area contributed by atoms with Crippen LogP contribution in [0, 0.1) is 12.7 Å².